The van der Waals surface area contributed by atoms with Gasteiger partial charge in [0.1, 0.15) is 5.82 Å². The van der Waals surface area contributed by atoms with Gasteiger partial charge in [-0.3, -0.25) is 9.78 Å². The third-order valence-corrected chi connectivity index (χ3v) is 5.08. The predicted molar refractivity (Wildman–Crippen MR) is 102 cm³/mol. The highest BCUT2D eigenvalue weighted by molar-refractivity contribution is 8.00. The minimum absolute atomic E-state index is 0.111. The highest BCUT2D eigenvalue weighted by Crippen LogP contribution is 2.26. The molecule has 0 bridgehead atoms. The zero-order valence-corrected chi connectivity index (χ0v) is 15.9. The third kappa shape index (κ3) is 4.71. The van der Waals surface area contributed by atoms with E-state index in [1.54, 1.807) is 24.5 Å². The van der Waals surface area contributed by atoms with Crippen LogP contribution in [0.5, 0.6) is 0 Å². The number of rotatable bonds is 7. The Hall–Kier alpha value is -2.74. The number of hydrogen-bond acceptors (Lipinski definition) is 5. The molecule has 0 fully saturated rings. The standard InChI is InChI=1S/C19H20FN5OS/c1-3-25-17(15-8-10-21-11-9-15)23-24-19(25)27-13(2)18(26)22-12-14-4-6-16(20)7-5-14/h4-11,13H,3,12H2,1-2H3,(H,22,26)/t13-/m0/s1. The van der Waals surface area contributed by atoms with E-state index in [1.165, 1.54) is 23.9 Å². The maximum Gasteiger partial charge on any atom is 0.233 e. The number of aromatic nitrogens is 4. The number of pyridine rings is 1. The average molecular weight is 385 g/mol. The van der Waals surface area contributed by atoms with Gasteiger partial charge in [0, 0.05) is 31.0 Å². The molecule has 2 aromatic heterocycles. The fraction of sp³-hybridized carbons (Fsp3) is 0.263. The molecule has 0 aliphatic rings. The van der Waals surface area contributed by atoms with E-state index in [2.05, 4.69) is 20.5 Å². The molecule has 1 aromatic carbocycles. The lowest BCUT2D eigenvalue weighted by atomic mass is 10.2. The zero-order chi connectivity index (χ0) is 19.2. The molecule has 2 heterocycles. The number of thioether (sulfide) groups is 1. The summed E-state index contributed by atoms with van der Waals surface area (Å²) in [7, 11) is 0. The molecule has 1 atom stereocenters. The van der Waals surface area contributed by atoms with Gasteiger partial charge in [0.25, 0.3) is 0 Å². The maximum atomic E-state index is 12.9. The number of halogens is 1. The van der Waals surface area contributed by atoms with Crippen LogP contribution in [0.3, 0.4) is 0 Å². The molecule has 3 aromatic rings. The summed E-state index contributed by atoms with van der Waals surface area (Å²) in [4.78, 5) is 16.4. The van der Waals surface area contributed by atoms with E-state index >= 15 is 0 Å². The number of carbonyl (C=O) groups excluding carboxylic acids is 1. The van der Waals surface area contributed by atoms with Crippen molar-refractivity contribution in [2.45, 2.75) is 37.3 Å². The number of amides is 1. The van der Waals surface area contributed by atoms with Crippen molar-refractivity contribution >= 4 is 17.7 Å². The average Bonchev–Trinajstić information content (AvgIpc) is 3.10. The van der Waals surface area contributed by atoms with Crippen molar-refractivity contribution < 1.29 is 9.18 Å². The van der Waals surface area contributed by atoms with Crippen molar-refractivity contribution in [1.82, 2.24) is 25.1 Å². The Balaban J connectivity index is 1.65. The molecule has 140 valence electrons. The predicted octanol–water partition coefficient (Wildman–Crippen LogP) is 3.30. The summed E-state index contributed by atoms with van der Waals surface area (Å²) >= 11 is 1.36. The number of nitrogens with zero attached hydrogens (tertiary/aromatic N) is 4. The molecule has 0 saturated heterocycles. The summed E-state index contributed by atoms with van der Waals surface area (Å²) in [5, 5.41) is 11.7. The number of hydrogen-bond donors (Lipinski definition) is 1. The van der Waals surface area contributed by atoms with E-state index in [4.69, 9.17) is 0 Å². The van der Waals surface area contributed by atoms with E-state index in [0.717, 1.165) is 17.0 Å². The summed E-state index contributed by atoms with van der Waals surface area (Å²) in [6.45, 7) is 4.88. The Morgan fingerprint density at radius 1 is 1.19 bits per heavy atom. The summed E-state index contributed by atoms with van der Waals surface area (Å²) in [6.07, 6.45) is 3.42. The number of nitrogens with one attached hydrogen (secondary N) is 1. The normalized spacial score (nSPS) is 12.0. The van der Waals surface area contributed by atoms with Gasteiger partial charge in [-0.05, 0) is 43.7 Å². The largest absolute Gasteiger partial charge is 0.351 e. The second kappa shape index (κ2) is 8.77. The van der Waals surface area contributed by atoms with Gasteiger partial charge in [-0.2, -0.15) is 0 Å². The minimum Gasteiger partial charge on any atom is -0.351 e. The Labute approximate surface area is 161 Å². The first-order chi connectivity index (χ1) is 13.1. The molecule has 6 nitrogen and oxygen atoms in total. The van der Waals surface area contributed by atoms with Crippen LogP contribution in [0.1, 0.15) is 19.4 Å². The monoisotopic (exact) mass is 385 g/mol. The van der Waals surface area contributed by atoms with Crippen LogP contribution < -0.4 is 5.32 Å². The van der Waals surface area contributed by atoms with Crippen molar-refractivity contribution in [3.63, 3.8) is 0 Å². The van der Waals surface area contributed by atoms with Gasteiger partial charge in [0.05, 0.1) is 5.25 Å². The highest BCUT2D eigenvalue weighted by atomic mass is 32.2. The smallest absolute Gasteiger partial charge is 0.233 e. The van der Waals surface area contributed by atoms with Crippen molar-refractivity contribution in [2.75, 3.05) is 0 Å². The summed E-state index contributed by atoms with van der Waals surface area (Å²) in [5.41, 5.74) is 1.78. The maximum absolute atomic E-state index is 12.9. The first-order valence-electron chi connectivity index (χ1n) is 8.61. The fourth-order valence-corrected chi connectivity index (χ4v) is 3.46. The summed E-state index contributed by atoms with van der Waals surface area (Å²) in [6, 6.07) is 9.82. The molecule has 1 amide bonds. The first kappa shape index (κ1) is 19.0. The van der Waals surface area contributed by atoms with Gasteiger partial charge in [-0.15, -0.1) is 10.2 Å². The first-order valence-corrected chi connectivity index (χ1v) is 9.49. The minimum atomic E-state index is -0.342. The summed E-state index contributed by atoms with van der Waals surface area (Å²) in [5.74, 6) is 0.347. The molecular weight excluding hydrogens is 365 g/mol. The summed E-state index contributed by atoms with van der Waals surface area (Å²) < 4.78 is 14.9. The van der Waals surface area contributed by atoms with Gasteiger partial charge in [0.15, 0.2) is 11.0 Å². The van der Waals surface area contributed by atoms with E-state index in [0.29, 0.717) is 18.2 Å². The van der Waals surface area contributed by atoms with Gasteiger partial charge in [-0.25, -0.2) is 4.39 Å². The zero-order valence-electron chi connectivity index (χ0n) is 15.1. The fourth-order valence-electron chi connectivity index (χ4n) is 2.52. The van der Waals surface area contributed by atoms with Crippen molar-refractivity contribution in [1.29, 1.82) is 0 Å². The van der Waals surface area contributed by atoms with Gasteiger partial charge in [0.2, 0.25) is 5.91 Å². The molecule has 1 N–H and O–H groups in total. The van der Waals surface area contributed by atoms with E-state index in [-0.39, 0.29) is 17.0 Å². The lowest BCUT2D eigenvalue weighted by molar-refractivity contribution is -0.120. The Morgan fingerprint density at radius 3 is 2.56 bits per heavy atom. The molecule has 0 aliphatic heterocycles. The van der Waals surface area contributed by atoms with Crippen LogP contribution in [-0.4, -0.2) is 30.9 Å². The molecule has 27 heavy (non-hydrogen) atoms. The molecule has 8 heteroatoms. The van der Waals surface area contributed by atoms with Crippen LogP contribution in [0.2, 0.25) is 0 Å². The molecule has 0 spiro atoms. The Kier molecular flexibility index (Phi) is 6.18. The molecular formula is C19H20FN5OS. The van der Waals surface area contributed by atoms with Crippen LogP contribution in [-0.2, 0) is 17.9 Å². The lowest BCUT2D eigenvalue weighted by Crippen LogP contribution is -2.30. The van der Waals surface area contributed by atoms with E-state index in [9.17, 15) is 9.18 Å². The lowest BCUT2D eigenvalue weighted by Gasteiger charge is -2.13. The van der Waals surface area contributed by atoms with Crippen molar-refractivity contribution in [3.8, 4) is 11.4 Å². The van der Waals surface area contributed by atoms with Gasteiger partial charge in [-0.1, -0.05) is 23.9 Å². The van der Waals surface area contributed by atoms with Crippen molar-refractivity contribution in [2.24, 2.45) is 0 Å². The van der Waals surface area contributed by atoms with Crippen LogP contribution in [0.15, 0.2) is 53.9 Å². The number of benzene rings is 1. The van der Waals surface area contributed by atoms with Crippen molar-refractivity contribution in [3.05, 3.63) is 60.2 Å². The third-order valence-electron chi connectivity index (χ3n) is 4.00. The van der Waals surface area contributed by atoms with Crippen LogP contribution >= 0.6 is 11.8 Å². The second-order valence-electron chi connectivity index (χ2n) is 5.89. The quantitative estimate of drug-likeness (QED) is 0.632. The second-order valence-corrected chi connectivity index (χ2v) is 7.20. The van der Waals surface area contributed by atoms with Crippen LogP contribution in [0, 0.1) is 5.82 Å². The van der Waals surface area contributed by atoms with Crippen LogP contribution in [0.25, 0.3) is 11.4 Å². The molecule has 0 aliphatic carbocycles. The number of carbonyl (C=O) groups is 1. The van der Waals surface area contributed by atoms with Gasteiger partial charge < -0.3 is 9.88 Å². The van der Waals surface area contributed by atoms with Gasteiger partial charge >= 0.3 is 0 Å². The van der Waals surface area contributed by atoms with Crippen LogP contribution in [0.4, 0.5) is 4.39 Å². The van der Waals surface area contributed by atoms with E-state index < -0.39 is 0 Å². The highest BCUT2D eigenvalue weighted by Gasteiger charge is 2.20. The Morgan fingerprint density at radius 2 is 1.89 bits per heavy atom. The Bertz CT molecular complexity index is 898. The SMILES string of the molecule is CCn1c(S[C@@H](C)C(=O)NCc2ccc(F)cc2)nnc1-c1ccncc1. The molecule has 3 rings (SSSR count). The molecule has 0 radical (unpaired) electrons. The topological polar surface area (TPSA) is 72.7 Å². The molecule has 0 saturated carbocycles. The molecule has 0 unspecified atom stereocenters. The van der Waals surface area contributed by atoms with E-state index in [1.807, 2.05) is 30.5 Å².